The molecule has 0 aliphatic carbocycles. The molecule has 0 unspecified atom stereocenters. The van der Waals surface area contributed by atoms with Crippen LogP contribution in [0.4, 0.5) is 0 Å². The number of carbonyl (C=O) groups is 1. The fourth-order valence-corrected chi connectivity index (χ4v) is 3.55. The Kier molecular flexibility index (Phi) is 4.51. The molecule has 0 fully saturated rings. The number of phenolic OH excluding ortho intramolecular Hbond substituents is 1. The van der Waals surface area contributed by atoms with Gasteiger partial charge in [0.2, 0.25) is 5.78 Å². The van der Waals surface area contributed by atoms with Gasteiger partial charge in [0.25, 0.3) is 0 Å². The molecular formula is C20H20O6S. The fraction of sp³-hybridized carbons (Fsp3) is 0.250. The minimum Gasteiger partial charge on any atom is -0.504 e. The molecule has 0 saturated heterocycles. The van der Waals surface area contributed by atoms with Crippen molar-refractivity contribution in [2.24, 2.45) is 0 Å². The van der Waals surface area contributed by atoms with E-state index in [0.717, 1.165) is 6.26 Å². The third-order valence-electron chi connectivity index (χ3n) is 4.37. The van der Waals surface area contributed by atoms with Crippen LogP contribution in [0.1, 0.15) is 25.0 Å². The number of hydrogen-bond acceptors (Lipinski definition) is 6. The molecule has 0 spiro atoms. The van der Waals surface area contributed by atoms with E-state index in [2.05, 4.69) is 0 Å². The van der Waals surface area contributed by atoms with Gasteiger partial charge in [0, 0.05) is 11.8 Å². The Morgan fingerprint density at radius 3 is 2.15 bits per heavy atom. The van der Waals surface area contributed by atoms with Crippen LogP contribution in [0.5, 0.6) is 11.5 Å². The van der Waals surface area contributed by atoms with E-state index >= 15 is 0 Å². The van der Waals surface area contributed by atoms with Gasteiger partial charge in [-0.25, -0.2) is 8.42 Å². The first-order valence-corrected chi connectivity index (χ1v) is 10.1. The molecule has 6 nitrogen and oxygen atoms in total. The maximum absolute atomic E-state index is 12.9. The summed E-state index contributed by atoms with van der Waals surface area (Å²) in [5.41, 5.74) is 0.318. The summed E-state index contributed by atoms with van der Waals surface area (Å²) in [6.45, 7) is 3.33. The lowest BCUT2D eigenvalue weighted by Gasteiger charge is -2.18. The average Bonchev–Trinajstić information content (AvgIpc) is 2.84. The molecule has 3 rings (SSSR count). The van der Waals surface area contributed by atoms with Gasteiger partial charge >= 0.3 is 0 Å². The van der Waals surface area contributed by atoms with Gasteiger partial charge in [-0.3, -0.25) is 4.79 Å². The lowest BCUT2D eigenvalue weighted by molar-refractivity contribution is -0.125. The zero-order valence-corrected chi connectivity index (χ0v) is 16.3. The summed E-state index contributed by atoms with van der Waals surface area (Å²) in [6.07, 6.45) is 1.13. The number of aromatic hydroxyl groups is 1. The molecule has 142 valence electrons. The Morgan fingerprint density at radius 2 is 1.63 bits per heavy atom. The smallest absolute Gasteiger partial charge is 0.210 e. The molecule has 27 heavy (non-hydrogen) atoms. The molecule has 0 atom stereocenters. The van der Waals surface area contributed by atoms with Gasteiger partial charge in [-0.15, -0.1) is 0 Å². The molecule has 1 aliphatic heterocycles. The average molecular weight is 388 g/mol. The lowest BCUT2D eigenvalue weighted by Crippen LogP contribution is -2.29. The second-order valence-corrected chi connectivity index (χ2v) is 8.84. The van der Waals surface area contributed by atoms with E-state index in [1.54, 1.807) is 38.1 Å². The number of ether oxygens (including phenoxy) is 2. The molecular weight excluding hydrogens is 368 g/mol. The standard InChI is InChI=1S/C20H20O6S/c1-20(2)19(22)17(13-7-10-16(25-3)15(21)11-13)18(26-20)12-5-8-14(9-6-12)27(4,23)24/h5-11,21H,1-4H3. The topological polar surface area (TPSA) is 89.9 Å². The summed E-state index contributed by atoms with van der Waals surface area (Å²) in [5, 5.41) is 10.1. The van der Waals surface area contributed by atoms with E-state index in [4.69, 9.17) is 9.47 Å². The minimum absolute atomic E-state index is 0.0909. The zero-order valence-electron chi connectivity index (χ0n) is 15.4. The normalized spacial score (nSPS) is 16.4. The highest BCUT2D eigenvalue weighted by molar-refractivity contribution is 7.90. The number of rotatable bonds is 4. The number of benzene rings is 2. The number of sulfone groups is 1. The van der Waals surface area contributed by atoms with Crippen LogP contribution in [0.2, 0.25) is 0 Å². The molecule has 1 heterocycles. The molecule has 0 radical (unpaired) electrons. The largest absolute Gasteiger partial charge is 0.504 e. The van der Waals surface area contributed by atoms with Crippen LogP contribution in [0.25, 0.3) is 11.3 Å². The second kappa shape index (κ2) is 6.42. The van der Waals surface area contributed by atoms with E-state index in [0.29, 0.717) is 28.2 Å². The fourth-order valence-electron chi connectivity index (χ4n) is 2.92. The summed E-state index contributed by atoms with van der Waals surface area (Å²) in [4.78, 5) is 13.1. The van der Waals surface area contributed by atoms with E-state index in [-0.39, 0.29) is 16.4 Å². The van der Waals surface area contributed by atoms with Gasteiger partial charge in [-0.2, -0.15) is 0 Å². The first-order chi connectivity index (χ1) is 12.5. The molecule has 0 bridgehead atoms. The molecule has 0 amide bonds. The lowest BCUT2D eigenvalue weighted by atomic mass is 9.92. The zero-order chi connectivity index (χ0) is 20.0. The monoisotopic (exact) mass is 388 g/mol. The van der Waals surface area contributed by atoms with Gasteiger partial charge in [-0.05, 0) is 55.8 Å². The van der Waals surface area contributed by atoms with E-state index in [1.165, 1.54) is 25.3 Å². The number of phenols is 1. The number of hydrogen-bond donors (Lipinski definition) is 1. The molecule has 2 aromatic carbocycles. The van der Waals surface area contributed by atoms with Gasteiger partial charge in [0.15, 0.2) is 26.9 Å². The first kappa shape index (κ1) is 19.0. The van der Waals surface area contributed by atoms with Gasteiger partial charge in [0.1, 0.15) is 5.76 Å². The number of Topliss-reactive ketones (excluding diaryl/α,β-unsaturated/α-hetero) is 1. The van der Waals surface area contributed by atoms with Crippen molar-refractivity contribution >= 4 is 27.0 Å². The van der Waals surface area contributed by atoms with Crippen LogP contribution < -0.4 is 4.74 Å². The van der Waals surface area contributed by atoms with Gasteiger partial charge in [-0.1, -0.05) is 6.07 Å². The first-order valence-electron chi connectivity index (χ1n) is 8.20. The van der Waals surface area contributed by atoms with Crippen molar-refractivity contribution in [2.45, 2.75) is 24.3 Å². The van der Waals surface area contributed by atoms with E-state index in [1.807, 2.05) is 0 Å². The summed E-state index contributed by atoms with van der Waals surface area (Å²) in [5.74, 6) is 0.319. The van der Waals surface area contributed by atoms with Crippen molar-refractivity contribution in [1.82, 2.24) is 0 Å². The van der Waals surface area contributed by atoms with Gasteiger partial charge < -0.3 is 14.6 Å². The maximum atomic E-state index is 12.9. The summed E-state index contributed by atoms with van der Waals surface area (Å²) in [6, 6.07) is 10.8. The van der Waals surface area contributed by atoms with Crippen LogP contribution in [0.3, 0.4) is 0 Å². The summed E-state index contributed by atoms with van der Waals surface area (Å²) < 4.78 is 34.3. The molecule has 2 aromatic rings. The number of ketones is 1. The van der Waals surface area contributed by atoms with Crippen molar-refractivity contribution < 1.29 is 27.8 Å². The Balaban J connectivity index is 2.16. The highest BCUT2D eigenvalue weighted by Crippen LogP contribution is 2.43. The maximum Gasteiger partial charge on any atom is 0.210 e. The highest BCUT2D eigenvalue weighted by Gasteiger charge is 2.43. The number of carbonyl (C=O) groups excluding carboxylic acids is 1. The van der Waals surface area contributed by atoms with E-state index in [9.17, 15) is 18.3 Å². The second-order valence-electron chi connectivity index (χ2n) is 6.83. The Morgan fingerprint density at radius 1 is 1.04 bits per heavy atom. The predicted octanol–water partition coefficient (Wildman–Crippen LogP) is 3.05. The van der Waals surface area contributed by atoms with Crippen molar-refractivity contribution in [1.29, 1.82) is 0 Å². The van der Waals surface area contributed by atoms with E-state index < -0.39 is 15.4 Å². The van der Waals surface area contributed by atoms with Crippen LogP contribution in [0.15, 0.2) is 47.4 Å². The third kappa shape index (κ3) is 3.42. The van der Waals surface area contributed by atoms with Crippen molar-refractivity contribution in [3.8, 4) is 11.5 Å². The van der Waals surface area contributed by atoms with Crippen molar-refractivity contribution in [3.05, 3.63) is 53.6 Å². The SMILES string of the molecule is COc1ccc(C2=C(c3ccc(S(C)(=O)=O)cc3)OC(C)(C)C2=O)cc1O. The van der Waals surface area contributed by atoms with Crippen LogP contribution in [-0.2, 0) is 19.4 Å². The van der Waals surface area contributed by atoms with Crippen LogP contribution in [-0.4, -0.2) is 38.3 Å². The Hall–Kier alpha value is -2.80. The van der Waals surface area contributed by atoms with Crippen LogP contribution in [0, 0.1) is 0 Å². The molecule has 0 aromatic heterocycles. The summed E-state index contributed by atoms with van der Waals surface area (Å²) >= 11 is 0. The quantitative estimate of drug-likeness (QED) is 0.866. The Labute approximate surface area is 158 Å². The third-order valence-corrected chi connectivity index (χ3v) is 5.50. The summed E-state index contributed by atoms with van der Waals surface area (Å²) in [7, 11) is -1.89. The predicted molar refractivity (Wildman–Crippen MR) is 101 cm³/mol. The molecule has 1 aliphatic rings. The van der Waals surface area contributed by atoms with Crippen molar-refractivity contribution in [3.63, 3.8) is 0 Å². The molecule has 0 saturated carbocycles. The molecule has 1 N–H and O–H groups in total. The minimum atomic E-state index is -3.33. The van der Waals surface area contributed by atoms with Crippen molar-refractivity contribution in [2.75, 3.05) is 13.4 Å². The Bertz CT molecular complexity index is 1050. The van der Waals surface area contributed by atoms with Crippen LogP contribution >= 0.6 is 0 Å². The van der Waals surface area contributed by atoms with Gasteiger partial charge in [0.05, 0.1) is 17.6 Å². The number of methoxy groups -OCH3 is 1. The molecule has 7 heteroatoms. The highest BCUT2D eigenvalue weighted by atomic mass is 32.2.